The van der Waals surface area contributed by atoms with Crippen molar-refractivity contribution in [2.75, 3.05) is 6.54 Å². The van der Waals surface area contributed by atoms with Crippen LogP contribution in [0.25, 0.3) is 11.0 Å². The molecule has 32 heavy (non-hydrogen) atoms. The van der Waals surface area contributed by atoms with Gasteiger partial charge in [-0.1, -0.05) is 18.2 Å². The molecule has 4 aromatic rings. The molecule has 0 spiro atoms. The van der Waals surface area contributed by atoms with Crippen LogP contribution in [0.3, 0.4) is 0 Å². The number of sulfone groups is 1. The molecule has 2 heterocycles. The topological polar surface area (TPSA) is 107 Å². The number of rotatable bonds is 6. The molecule has 0 unspecified atom stereocenters. The number of hydrogen-bond acceptors (Lipinski definition) is 6. The molecule has 0 radical (unpaired) electrons. The van der Waals surface area contributed by atoms with Crippen molar-refractivity contribution in [2.24, 2.45) is 0 Å². The van der Waals surface area contributed by atoms with E-state index in [1.54, 1.807) is 24.3 Å². The summed E-state index contributed by atoms with van der Waals surface area (Å²) in [5.74, 6) is -1.22. The summed E-state index contributed by atoms with van der Waals surface area (Å²) in [6, 6.07) is 14.5. The Bertz CT molecular complexity index is 1460. The number of halogens is 1. The van der Waals surface area contributed by atoms with E-state index in [-0.39, 0.29) is 28.3 Å². The summed E-state index contributed by atoms with van der Waals surface area (Å²) < 4.78 is 50.6. The highest BCUT2D eigenvalue weighted by molar-refractivity contribution is 7.91. The van der Waals surface area contributed by atoms with Gasteiger partial charge < -0.3 is 14.2 Å². The Balaban J connectivity index is 1.65. The average molecular weight is 455 g/mol. The van der Waals surface area contributed by atoms with Crippen LogP contribution in [0, 0.1) is 12.7 Å². The monoisotopic (exact) mass is 455 g/mol. The fourth-order valence-electron chi connectivity index (χ4n) is 3.30. The minimum atomic E-state index is -4.06. The minimum absolute atomic E-state index is 0.0952. The number of amides is 1. The number of furan rings is 1. The quantitative estimate of drug-likeness (QED) is 0.350. The Hall–Kier alpha value is -3.72. The summed E-state index contributed by atoms with van der Waals surface area (Å²) in [5.41, 5.74) is -0.594. The molecule has 0 bridgehead atoms. The SMILES string of the molecule is Cc1cc(S(=O)(=O)[C@H](CNC(=O)c2cc3ccccc3oc2=O)c2ccco2)ccc1F. The lowest BCUT2D eigenvalue weighted by atomic mass is 10.2. The summed E-state index contributed by atoms with van der Waals surface area (Å²) in [6.45, 7) is 1.08. The third kappa shape index (κ3) is 4.06. The third-order valence-electron chi connectivity index (χ3n) is 5.03. The number of carbonyl (C=O) groups is 1. The smallest absolute Gasteiger partial charge is 0.349 e. The number of fused-ring (bicyclic) bond motifs is 1. The first-order chi connectivity index (χ1) is 15.3. The van der Waals surface area contributed by atoms with Gasteiger partial charge in [-0.3, -0.25) is 4.79 Å². The van der Waals surface area contributed by atoms with Gasteiger partial charge in [0.2, 0.25) is 0 Å². The van der Waals surface area contributed by atoms with Gasteiger partial charge in [-0.2, -0.15) is 0 Å². The Morgan fingerprint density at radius 3 is 2.59 bits per heavy atom. The van der Waals surface area contributed by atoms with Crippen molar-refractivity contribution in [3.05, 3.63) is 100 Å². The highest BCUT2D eigenvalue weighted by atomic mass is 32.2. The van der Waals surface area contributed by atoms with E-state index in [9.17, 15) is 22.4 Å². The normalized spacial score (nSPS) is 12.6. The van der Waals surface area contributed by atoms with E-state index in [0.29, 0.717) is 11.0 Å². The van der Waals surface area contributed by atoms with E-state index in [0.717, 1.165) is 12.1 Å². The van der Waals surface area contributed by atoms with Gasteiger partial charge in [-0.05, 0) is 55.0 Å². The van der Waals surface area contributed by atoms with Gasteiger partial charge in [0.1, 0.15) is 28.0 Å². The van der Waals surface area contributed by atoms with E-state index >= 15 is 0 Å². The van der Waals surface area contributed by atoms with Gasteiger partial charge in [0.15, 0.2) is 9.84 Å². The van der Waals surface area contributed by atoms with Gasteiger partial charge in [-0.25, -0.2) is 17.6 Å². The Morgan fingerprint density at radius 1 is 1.09 bits per heavy atom. The van der Waals surface area contributed by atoms with Gasteiger partial charge in [0.25, 0.3) is 5.91 Å². The van der Waals surface area contributed by atoms with Crippen molar-refractivity contribution in [1.29, 1.82) is 0 Å². The van der Waals surface area contributed by atoms with E-state index in [4.69, 9.17) is 8.83 Å². The van der Waals surface area contributed by atoms with Gasteiger partial charge in [-0.15, -0.1) is 0 Å². The van der Waals surface area contributed by atoms with Crippen molar-refractivity contribution >= 4 is 26.7 Å². The van der Waals surface area contributed by atoms with E-state index < -0.39 is 32.4 Å². The number of hydrogen-bond donors (Lipinski definition) is 1. The zero-order chi connectivity index (χ0) is 22.9. The van der Waals surface area contributed by atoms with E-state index in [1.165, 1.54) is 37.5 Å². The van der Waals surface area contributed by atoms with Crippen LogP contribution in [-0.2, 0) is 9.84 Å². The predicted octanol–water partition coefficient (Wildman–Crippen LogP) is 3.78. The van der Waals surface area contributed by atoms with E-state index in [2.05, 4.69) is 5.32 Å². The molecule has 0 aliphatic rings. The maximum Gasteiger partial charge on any atom is 0.349 e. The number of benzene rings is 2. The molecule has 0 saturated carbocycles. The maximum atomic E-state index is 13.6. The fraction of sp³-hybridized carbons (Fsp3) is 0.130. The standard InChI is InChI=1S/C23H18FNO6S/c1-14-11-16(8-9-18(14)24)32(28,29)21(20-7-4-10-30-20)13-25-22(26)17-12-15-5-2-3-6-19(15)31-23(17)27/h2-12,21H,13H2,1H3,(H,25,26)/t21-/m1/s1. The van der Waals surface area contributed by atoms with Crippen LogP contribution in [-0.4, -0.2) is 20.9 Å². The average Bonchev–Trinajstić information content (AvgIpc) is 3.29. The molecule has 2 aromatic carbocycles. The van der Waals surface area contributed by atoms with Crippen LogP contribution in [0.1, 0.15) is 26.9 Å². The first-order valence-corrected chi connectivity index (χ1v) is 11.2. The highest BCUT2D eigenvalue weighted by Gasteiger charge is 2.32. The molecule has 164 valence electrons. The zero-order valence-electron chi connectivity index (χ0n) is 16.9. The van der Waals surface area contributed by atoms with Gasteiger partial charge in [0, 0.05) is 11.9 Å². The van der Waals surface area contributed by atoms with Crippen molar-refractivity contribution < 1.29 is 26.4 Å². The summed E-state index contributed by atoms with van der Waals surface area (Å²) in [4.78, 5) is 24.8. The van der Waals surface area contributed by atoms with Crippen molar-refractivity contribution in [3.8, 4) is 0 Å². The van der Waals surface area contributed by atoms with Crippen LogP contribution in [0.2, 0.25) is 0 Å². The molecule has 0 aliphatic heterocycles. The second-order valence-electron chi connectivity index (χ2n) is 7.16. The van der Waals surface area contributed by atoms with Crippen molar-refractivity contribution in [2.45, 2.75) is 17.1 Å². The van der Waals surface area contributed by atoms with Crippen LogP contribution >= 0.6 is 0 Å². The second-order valence-corrected chi connectivity index (χ2v) is 9.29. The highest BCUT2D eigenvalue weighted by Crippen LogP contribution is 2.30. The Labute approximate surface area is 182 Å². The van der Waals surface area contributed by atoms with Crippen LogP contribution in [0.4, 0.5) is 4.39 Å². The fourth-order valence-corrected chi connectivity index (χ4v) is 4.97. The number of carbonyl (C=O) groups excluding carboxylic acids is 1. The summed E-state index contributed by atoms with van der Waals surface area (Å²) >= 11 is 0. The molecular formula is C23H18FNO6S. The summed E-state index contributed by atoms with van der Waals surface area (Å²) in [5, 5.41) is 1.74. The Morgan fingerprint density at radius 2 is 1.88 bits per heavy atom. The van der Waals surface area contributed by atoms with Crippen LogP contribution in [0.15, 0.2) is 85.5 Å². The molecule has 4 rings (SSSR count). The molecule has 7 nitrogen and oxygen atoms in total. The lowest BCUT2D eigenvalue weighted by Gasteiger charge is -2.17. The molecule has 1 amide bonds. The van der Waals surface area contributed by atoms with Gasteiger partial charge in [0.05, 0.1) is 11.2 Å². The third-order valence-corrected chi connectivity index (χ3v) is 7.09. The molecule has 0 fully saturated rings. The minimum Gasteiger partial charge on any atom is -0.468 e. The van der Waals surface area contributed by atoms with Crippen molar-refractivity contribution in [1.82, 2.24) is 5.32 Å². The second kappa shape index (κ2) is 8.43. The first-order valence-electron chi connectivity index (χ1n) is 9.62. The first kappa shape index (κ1) is 21.5. The maximum absolute atomic E-state index is 13.6. The van der Waals surface area contributed by atoms with Gasteiger partial charge >= 0.3 is 5.63 Å². The van der Waals surface area contributed by atoms with Crippen LogP contribution in [0.5, 0.6) is 0 Å². The number of aryl methyl sites for hydroxylation is 1. The van der Waals surface area contributed by atoms with Crippen LogP contribution < -0.4 is 10.9 Å². The zero-order valence-corrected chi connectivity index (χ0v) is 17.7. The lowest BCUT2D eigenvalue weighted by Crippen LogP contribution is -2.34. The Kier molecular flexibility index (Phi) is 5.67. The molecule has 1 N–H and O–H groups in total. The molecular weight excluding hydrogens is 437 g/mol. The largest absolute Gasteiger partial charge is 0.468 e. The summed E-state index contributed by atoms with van der Waals surface area (Å²) in [6.07, 6.45) is 1.31. The molecule has 2 aromatic heterocycles. The molecule has 0 aliphatic carbocycles. The predicted molar refractivity (Wildman–Crippen MR) is 115 cm³/mol. The number of nitrogens with one attached hydrogen (secondary N) is 1. The molecule has 0 saturated heterocycles. The number of para-hydroxylation sites is 1. The van der Waals surface area contributed by atoms with Crippen molar-refractivity contribution in [3.63, 3.8) is 0 Å². The summed E-state index contributed by atoms with van der Waals surface area (Å²) in [7, 11) is -4.06. The lowest BCUT2D eigenvalue weighted by molar-refractivity contribution is 0.0949. The van der Waals surface area contributed by atoms with E-state index in [1.807, 2.05) is 0 Å². The molecule has 1 atom stereocenters. The molecule has 9 heteroatoms.